The van der Waals surface area contributed by atoms with Crippen LogP contribution in [0.3, 0.4) is 0 Å². The molecule has 0 saturated carbocycles. The lowest BCUT2D eigenvalue weighted by atomic mass is 10.1. The molecular weight excluding hydrogens is 281 g/mol. The summed E-state index contributed by atoms with van der Waals surface area (Å²) in [4.78, 5) is 11.4. The summed E-state index contributed by atoms with van der Waals surface area (Å²) in [7, 11) is 0. The number of carbonyl (C=O) groups excluding carboxylic acids is 1. The molecule has 0 radical (unpaired) electrons. The number of hydrogen-bond donors (Lipinski definition) is 3. The topological polar surface area (TPSA) is 81.1 Å². The highest BCUT2D eigenvalue weighted by Crippen LogP contribution is 2.32. The van der Waals surface area contributed by atoms with Crippen LogP contribution in [-0.4, -0.2) is 5.91 Å². The zero-order chi connectivity index (χ0) is 14.9. The number of carbonyl (C=O) groups is 1. The van der Waals surface area contributed by atoms with Crippen molar-refractivity contribution in [3.63, 3.8) is 0 Å². The first kappa shape index (κ1) is 14.1. The zero-order valence-electron chi connectivity index (χ0n) is 10.7. The number of hydrogen-bond acceptors (Lipinski definition) is 3. The van der Waals surface area contributed by atoms with Crippen LogP contribution in [0.1, 0.15) is 15.9 Å². The van der Waals surface area contributed by atoms with E-state index in [0.717, 1.165) is 5.56 Å². The Bertz CT molecular complexity index is 688. The Labute approximate surface area is 120 Å². The maximum atomic E-state index is 13.8. The van der Waals surface area contributed by atoms with E-state index in [9.17, 15) is 9.18 Å². The third kappa shape index (κ3) is 2.83. The summed E-state index contributed by atoms with van der Waals surface area (Å²) in [5, 5.41) is 2.97. The monoisotopic (exact) mass is 293 g/mol. The van der Waals surface area contributed by atoms with Crippen molar-refractivity contribution in [3.8, 4) is 0 Å². The number of nitrogens with two attached hydrogens (primary N) is 2. The van der Waals surface area contributed by atoms with Gasteiger partial charge in [-0.3, -0.25) is 4.79 Å². The first-order chi connectivity index (χ1) is 9.38. The smallest absolute Gasteiger partial charge is 0.250 e. The van der Waals surface area contributed by atoms with Gasteiger partial charge in [0, 0.05) is 5.69 Å². The molecule has 0 aliphatic rings. The lowest BCUT2D eigenvalue weighted by Gasteiger charge is -2.14. The summed E-state index contributed by atoms with van der Waals surface area (Å²) >= 11 is 6.04. The second-order valence-corrected chi connectivity index (χ2v) is 4.81. The second-order valence-electron chi connectivity index (χ2n) is 4.40. The van der Waals surface area contributed by atoms with E-state index in [1.54, 1.807) is 19.1 Å². The number of nitrogen functional groups attached to an aromatic ring is 1. The summed E-state index contributed by atoms with van der Waals surface area (Å²) < 4.78 is 13.8. The zero-order valence-corrected chi connectivity index (χ0v) is 11.5. The third-order valence-corrected chi connectivity index (χ3v) is 3.06. The van der Waals surface area contributed by atoms with E-state index >= 15 is 0 Å². The molecule has 0 heterocycles. The molecule has 2 aromatic rings. The lowest BCUT2D eigenvalue weighted by molar-refractivity contribution is 0.100. The number of primary amides is 1. The van der Waals surface area contributed by atoms with Crippen LogP contribution < -0.4 is 16.8 Å². The van der Waals surface area contributed by atoms with E-state index in [2.05, 4.69) is 5.32 Å². The molecule has 0 unspecified atom stereocenters. The summed E-state index contributed by atoms with van der Waals surface area (Å²) in [5.74, 6) is -1.15. The fourth-order valence-electron chi connectivity index (χ4n) is 1.81. The molecule has 0 saturated heterocycles. The molecule has 0 atom stereocenters. The van der Waals surface area contributed by atoms with Crippen molar-refractivity contribution in [2.75, 3.05) is 11.1 Å². The van der Waals surface area contributed by atoms with Crippen LogP contribution in [0.25, 0.3) is 0 Å². The number of halogens is 2. The van der Waals surface area contributed by atoms with Gasteiger partial charge in [0.15, 0.2) is 0 Å². The van der Waals surface area contributed by atoms with E-state index in [-0.39, 0.29) is 22.0 Å². The standard InChI is InChI=1S/C14H13ClFN3O/c1-7-2-3-12(11(16)4-7)19-13-9(14(18)20)5-8(17)6-10(13)15/h2-6,19H,17H2,1H3,(H2,18,20). The Balaban J connectivity index is 2.50. The maximum Gasteiger partial charge on any atom is 0.250 e. The molecule has 5 N–H and O–H groups in total. The van der Waals surface area contributed by atoms with Crippen LogP contribution in [0.2, 0.25) is 5.02 Å². The highest BCUT2D eigenvalue weighted by molar-refractivity contribution is 6.34. The normalized spacial score (nSPS) is 10.3. The van der Waals surface area contributed by atoms with E-state index in [4.69, 9.17) is 23.1 Å². The largest absolute Gasteiger partial charge is 0.399 e. The molecule has 6 heteroatoms. The third-order valence-electron chi connectivity index (χ3n) is 2.76. The Kier molecular flexibility index (Phi) is 3.81. The van der Waals surface area contributed by atoms with Crippen LogP contribution in [0.4, 0.5) is 21.5 Å². The minimum atomic E-state index is -0.700. The number of rotatable bonds is 3. The number of amides is 1. The maximum absolute atomic E-state index is 13.8. The number of anilines is 3. The van der Waals surface area contributed by atoms with Gasteiger partial charge in [0.25, 0.3) is 5.91 Å². The summed E-state index contributed by atoms with van der Waals surface area (Å²) in [6.45, 7) is 1.78. The van der Waals surface area contributed by atoms with Gasteiger partial charge >= 0.3 is 0 Å². The summed E-state index contributed by atoms with van der Waals surface area (Å²) in [6, 6.07) is 7.52. The van der Waals surface area contributed by atoms with Gasteiger partial charge in [-0.05, 0) is 36.8 Å². The van der Waals surface area contributed by atoms with Crippen LogP contribution in [0, 0.1) is 12.7 Å². The van der Waals surface area contributed by atoms with Gasteiger partial charge < -0.3 is 16.8 Å². The fourth-order valence-corrected chi connectivity index (χ4v) is 2.08. The van der Waals surface area contributed by atoms with E-state index < -0.39 is 11.7 Å². The van der Waals surface area contributed by atoms with Gasteiger partial charge in [-0.2, -0.15) is 0 Å². The van der Waals surface area contributed by atoms with Crippen LogP contribution in [-0.2, 0) is 0 Å². The number of benzene rings is 2. The van der Waals surface area contributed by atoms with Crippen molar-refractivity contribution >= 4 is 34.6 Å². The molecule has 0 aromatic heterocycles. The van der Waals surface area contributed by atoms with Crippen LogP contribution in [0.15, 0.2) is 30.3 Å². The SMILES string of the molecule is Cc1ccc(Nc2c(Cl)cc(N)cc2C(N)=O)c(F)c1. The highest BCUT2D eigenvalue weighted by Gasteiger charge is 2.15. The predicted octanol–water partition coefficient (Wildman–Crippen LogP) is 3.21. The first-order valence-electron chi connectivity index (χ1n) is 5.80. The molecule has 1 amide bonds. The Morgan fingerprint density at radius 1 is 1.30 bits per heavy atom. The minimum absolute atomic E-state index is 0.106. The summed E-state index contributed by atoms with van der Waals surface area (Å²) in [5.41, 5.74) is 12.5. The van der Waals surface area contributed by atoms with Crippen molar-refractivity contribution in [2.24, 2.45) is 5.73 Å². The van der Waals surface area contributed by atoms with Crippen LogP contribution in [0.5, 0.6) is 0 Å². The second kappa shape index (κ2) is 5.38. The highest BCUT2D eigenvalue weighted by atomic mass is 35.5. The van der Waals surface area contributed by atoms with Crippen molar-refractivity contribution in [1.82, 2.24) is 0 Å². The van der Waals surface area contributed by atoms with Crippen LogP contribution >= 0.6 is 11.6 Å². The van der Waals surface area contributed by atoms with Gasteiger partial charge in [-0.15, -0.1) is 0 Å². The molecule has 0 bridgehead atoms. The molecule has 4 nitrogen and oxygen atoms in total. The van der Waals surface area contributed by atoms with E-state index in [1.165, 1.54) is 18.2 Å². The molecule has 20 heavy (non-hydrogen) atoms. The lowest BCUT2D eigenvalue weighted by Crippen LogP contribution is -2.14. The van der Waals surface area contributed by atoms with Crippen molar-refractivity contribution < 1.29 is 9.18 Å². The molecular formula is C14H13ClFN3O. The molecule has 0 aliphatic carbocycles. The summed E-state index contributed by atoms with van der Waals surface area (Å²) in [6.07, 6.45) is 0. The first-order valence-corrected chi connectivity index (χ1v) is 6.18. The van der Waals surface area contributed by atoms with E-state index in [0.29, 0.717) is 5.69 Å². The quantitative estimate of drug-likeness (QED) is 0.760. The molecule has 0 spiro atoms. The number of aryl methyl sites for hydroxylation is 1. The van der Waals surface area contributed by atoms with Crippen molar-refractivity contribution in [2.45, 2.75) is 6.92 Å². The van der Waals surface area contributed by atoms with Gasteiger partial charge in [-0.25, -0.2) is 4.39 Å². The molecule has 104 valence electrons. The van der Waals surface area contributed by atoms with Gasteiger partial charge in [0.2, 0.25) is 0 Å². The Morgan fingerprint density at radius 2 is 2.00 bits per heavy atom. The van der Waals surface area contributed by atoms with Gasteiger partial charge in [0.05, 0.1) is 22.0 Å². The average molecular weight is 294 g/mol. The molecule has 0 fully saturated rings. The molecule has 0 aliphatic heterocycles. The van der Waals surface area contributed by atoms with E-state index in [1.807, 2.05) is 0 Å². The fraction of sp³-hybridized carbons (Fsp3) is 0.0714. The predicted molar refractivity (Wildman–Crippen MR) is 78.8 cm³/mol. The average Bonchev–Trinajstić information content (AvgIpc) is 2.34. The Hall–Kier alpha value is -2.27. The molecule has 2 aromatic carbocycles. The minimum Gasteiger partial charge on any atom is -0.399 e. The molecule has 2 rings (SSSR count). The van der Waals surface area contributed by atoms with Crippen molar-refractivity contribution in [1.29, 1.82) is 0 Å². The Morgan fingerprint density at radius 3 is 2.60 bits per heavy atom. The van der Waals surface area contributed by atoms with Crippen molar-refractivity contribution in [3.05, 3.63) is 52.3 Å². The van der Waals surface area contributed by atoms with Gasteiger partial charge in [-0.1, -0.05) is 17.7 Å². The number of nitrogens with one attached hydrogen (secondary N) is 1. The van der Waals surface area contributed by atoms with Gasteiger partial charge in [0.1, 0.15) is 5.82 Å².